The number of nitrogens with one attached hydrogen (secondary N) is 1. The molecule has 0 saturated carbocycles. The Hall–Kier alpha value is -2.61. The van der Waals surface area contributed by atoms with Gasteiger partial charge in [-0.15, -0.1) is 10.2 Å². The number of pyridine rings is 1. The van der Waals surface area contributed by atoms with Crippen molar-refractivity contribution in [2.45, 2.75) is 48.1 Å². The van der Waals surface area contributed by atoms with Gasteiger partial charge >= 0.3 is 0 Å². The van der Waals surface area contributed by atoms with E-state index in [0.29, 0.717) is 18.3 Å². The van der Waals surface area contributed by atoms with Crippen molar-refractivity contribution in [1.82, 2.24) is 25.2 Å². The van der Waals surface area contributed by atoms with Gasteiger partial charge in [-0.3, -0.25) is 0 Å². The van der Waals surface area contributed by atoms with Crippen LogP contribution in [0, 0.1) is 12.8 Å². The molecular formula is C20H30N8. The molecule has 0 atom stereocenters. The predicted molar refractivity (Wildman–Crippen MR) is 114 cm³/mol. The fraction of sp³-hybridized carbons (Fsp3) is 0.550. The van der Waals surface area contributed by atoms with E-state index in [1.165, 1.54) is 0 Å². The molecule has 150 valence electrons. The minimum atomic E-state index is 0.582. The minimum absolute atomic E-state index is 0.582. The summed E-state index contributed by atoms with van der Waals surface area (Å²) in [5.41, 5.74) is 3.31. The van der Waals surface area contributed by atoms with Gasteiger partial charge in [0.25, 0.3) is 0 Å². The van der Waals surface area contributed by atoms with Gasteiger partial charge in [0.2, 0.25) is 5.82 Å². The number of fused-ring (bicyclic) bond motifs is 1. The number of hydrogen-bond acceptors (Lipinski definition) is 7. The Morgan fingerprint density at radius 1 is 1.14 bits per heavy atom. The van der Waals surface area contributed by atoms with E-state index in [4.69, 9.17) is 9.98 Å². The normalized spacial score (nSPS) is 14.7. The van der Waals surface area contributed by atoms with Crippen LogP contribution in [-0.4, -0.2) is 50.9 Å². The standard InChI is InChI=1S/C20H30N8/c1-7-27(8-2)17-10-9-16(14(5)22-17)23-19-15(6)26-28-18(24-25-20(19)28)12-21-11-13(3)4/h9-10,13,21H,7-8,11-12H2,1-6H3. The van der Waals surface area contributed by atoms with Gasteiger partial charge in [-0.2, -0.15) is 9.78 Å². The lowest BCUT2D eigenvalue weighted by Crippen LogP contribution is -2.23. The van der Waals surface area contributed by atoms with Crippen molar-refractivity contribution >= 4 is 22.9 Å². The van der Waals surface area contributed by atoms with E-state index in [0.717, 1.165) is 54.1 Å². The second-order valence-corrected chi connectivity index (χ2v) is 7.37. The molecule has 8 nitrogen and oxygen atoms in total. The summed E-state index contributed by atoms with van der Waals surface area (Å²) >= 11 is 0. The zero-order valence-electron chi connectivity index (χ0n) is 17.7. The smallest absolute Gasteiger partial charge is 0.205 e. The molecule has 1 N–H and O–H groups in total. The first-order valence-corrected chi connectivity index (χ1v) is 9.97. The van der Waals surface area contributed by atoms with Gasteiger partial charge in [0.15, 0.2) is 5.82 Å². The van der Waals surface area contributed by atoms with E-state index in [2.05, 4.69) is 53.2 Å². The Labute approximate surface area is 166 Å². The molecule has 0 unspecified atom stereocenters. The molecule has 28 heavy (non-hydrogen) atoms. The van der Waals surface area contributed by atoms with Crippen molar-refractivity contribution in [3.8, 4) is 0 Å². The van der Waals surface area contributed by atoms with E-state index >= 15 is 0 Å². The number of aromatic nitrogens is 4. The highest BCUT2D eigenvalue weighted by Gasteiger charge is 2.25. The average Bonchev–Trinajstić information content (AvgIpc) is 3.17. The van der Waals surface area contributed by atoms with Crippen LogP contribution in [0.15, 0.2) is 22.2 Å². The molecule has 1 aliphatic heterocycles. The third-order valence-corrected chi connectivity index (χ3v) is 4.71. The van der Waals surface area contributed by atoms with Crippen LogP contribution in [0.25, 0.3) is 0 Å². The Bertz CT molecular complexity index is 890. The van der Waals surface area contributed by atoms with Crippen LogP contribution in [0.4, 0.5) is 11.5 Å². The first kappa shape index (κ1) is 20.1. The van der Waals surface area contributed by atoms with Gasteiger partial charge in [0, 0.05) is 13.1 Å². The first-order chi connectivity index (χ1) is 13.4. The quantitative estimate of drug-likeness (QED) is 0.759. The Morgan fingerprint density at radius 3 is 2.54 bits per heavy atom. The van der Waals surface area contributed by atoms with Crippen LogP contribution < -0.4 is 10.2 Å². The molecule has 0 aromatic carbocycles. The number of nitrogens with zero attached hydrogens (tertiary/aromatic N) is 7. The fourth-order valence-corrected chi connectivity index (χ4v) is 3.14. The highest BCUT2D eigenvalue weighted by molar-refractivity contribution is 6.48. The highest BCUT2D eigenvalue weighted by atomic mass is 15.5. The molecule has 0 saturated heterocycles. The summed E-state index contributed by atoms with van der Waals surface area (Å²) in [6.07, 6.45) is 0. The largest absolute Gasteiger partial charge is 0.357 e. The average molecular weight is 383 g/mol. The van der Waals surface area contributed by atoms with Crippen molar-refractivity contribution in [2.24, 2.45) is 16.0 Å². The summed E-state index contributed by atoms with van der Waals surface area (Å²) < 4.78 is 1.79. The molecule has 0 radical (unpaired) electrons. The topological polar surface area (TPSA) is 83.6 Å². The van der Waals surface area contributed by atoms with Crippen LogP contribution in [0.3, 0.4) is 0 Å². The van der Waals surface area contributed by atoms with Crippen LogP contribution >= 0.6 is 0 Å². The molecule has 1 aliphatic rings. The lowest BCUT2D eigenvalue weighted by atomic mass is 10.2. The van der Waals surface area contributed by atoms with Crippen molar-refractivity contribution in [3.05, 3.63) is 29.5 Å². The van der Waals surface area contributed by atoms with Crippen LogP contribution in [0.2, 0.25) is 0 Å². The molecular weight excluding hydrogens is 352 g/mol. The highest BCUT2D eigenvalue weighted by Crippen LogP contribution is 2.24. The van der Waals surface area contributed by atoms with Crippen LogP contribution in [0.1, 0.15) is 52.0 Å². The van der Waals surface area contributed by atoms with Crippen molar-refractivity contribution in [3.63, 3.8) is 0 Å². The predicted octanol–water partition coefficient (Wildman–Crippen LogP) is 2.93. The molecule has 0 bridgehead atoms. The van der Waals surface area contributed by atoms with Crippen LogP contribution in [0.5, 0.6) is 0 Å². The molecule has 0 fully saturated rings. The van der Waals surface area contributed by atoms with Gasteiger partial charge in [-0.1, -0.05) is 13.8 Å². The number of rotatable bonds is 8. The first-order valence-electron chi connectivity index (χ1n) is 9.97. The van der Waals surface area contributed by atoms with Gasteiger partial charge in [0.1, 0.15) is 11.5 Å². The third-order valence-electron chi connectivity index (χ3n) is 4.71. The third kappa shape index (κ3) is 4.11. The maximum Gasteiger partial charge on any atom is 0.205 e. The molecule has 0 aliphatic carbocycles. The second kappa shape index (κ2) is 8.60. The van der Waals surface area contributed by atoms with Crippen molar-refractivity contribution < 1.29 is 0 Å². The molecule has 8 heteroatoms. The van der Waals surface area contributed by atoms with Crippen LogP contribution in [-0.2, 0) is 6.54 Å². The number of anilines is 1. The van der Waals surface area contributed by atoms with Crippen molar-refractivity contribution in [2.75, 3.05) is 24.5 Å². The van der Waals surface area contributed by atoms with Gasteiger partial charge in [-0.05, 0) is 52.3 Å². The zero-order chi connectivity index (χ0) is 20.3. The summed E-state index contributed by atoms with van der Waals surface area (Å²) in [6, 6.07) is 4.03. The molecule has 0 spiro atoms. The summed E-state index contributed by atoms with van der Waals surface area (Å²) in [7, 11) is 0. The van der Waals surface area contributed by atoms with E-state index < -0.39 is 0 Å². The number of aryl methyl sites for hydroxylation is 1. The number of hydrogen-bond donors (Lipinski definition) is 1. The lowest BCUT2D eigenvalue weighted by Gasteiger charge is -2.20. The Kier molecular flexibility index (Phi) is 6.18. The lowest BCUT2D eigenvalue weighted by molar-refractivity contribution is 0.535. The number of aliphatic imine (C=N–C) groups is 1. The van der Waals surface area contributed by atoms with Crippen molar-refractivity contribution in [1.29, 1.82) is 0 Å². The van der Waals surface area contributed by atoms with Gasteiger partial charge in [-0.25, -0.2) is 9.98 Å². The summed E-state index contributed by atoms with van der Waals surface area (Å²) in [5.74, 6) is 3.04. The maximum atomic E-state index is 4.82. The van der Waals surface area contributed by atoms with E-state index in [9.17, 15) is 0 Å². The Balaban J connectivity index is 1.85. The Morgan fingerprint density at radius 2 is 1.89 bits per heavy atom. The monoisotopic (exact) mass is 382 g/mol. The summed E-state index contributed by atoms with van der Waals surface area (Å²) in [6.45, 7) is 16.0. The molecule has 2 aromatic heterocycles. The maximum absolute atomic E-state index is 4.82. The summed E-state index contributed by atoms with van der Waals surface area (Å²) in [5, 5.41) is 16.6. The van der Waals surface area contributed by atoms with Gasteiger partial charge in [0.05, 0.1) is 23.6 Å². The molecule has 3 rings (SSSR count). The molecule has 2 aromatic rings. The van der Waals surface area contributed by atoms with E-state index in [1.807, 2.05) is 26.0 Å². The SMILES string of the molecule is CCN(CC)c1ccc(N=C2C(C)=Nn3c(CNCC(C)C)nnc32)c(C)n1. The zero-order valence-corrected chi connectivity index (χ0v) is 17.7. The second-order valence-electron chi connectivity index (χ2n) is 7.37. The molecule has 0 amide bonds. The van der Waals surface area contributed by atoms with E-state index in [1.54, 1.807) is 4.68 Å². The van der Waals surface area contributed by atoms with E-state index in [-0.39, 0.29) is 0 Å². The molecule has 3 heterocycles. The van der Waals surface area contributed by atoms with Gasteiger partial charge < -0.3 is 10.2 Å². The minimum Gasteiger partial charge on any atom is -0.357 e. The fourth-order valence-electron chi connectivity index (χ4n) is 3.14. The summed E-state index contributed by atoms with van der Waals surface area (Å²) in [4.78, 5) is 11.8.